The number of carbonyl (C=O) groups is 1. The summed E-state index contributed by atoms with van der Waals surface area (Å²) in [7, 11) is 0. The molecule has 2 aromatic carbocycles. The first kappa shape index (κ1) is 18.9. The number of benzene rings is 2. The number of piperazine rings is 1. The largest absolute Gasteiger partial charge is 0.354 e. The molecule has 8 heteroatoms. The zero-order valence-corrected chi connectivity index (χ0v) is 17.0. The minimum absolute atomic E-state index is 0.0220. The van der Waals surface area contributed by atoms with Gasteiger partial charge in [0.2, 0.25) is 10.7 Å². The molecule has 28 heavy (non-hydrogen) atoms. The van der Waals surface area contributed by atoms with Gasteiger partial charge in [-0.1, -0.05) is 23.7 Å². The van der Waals surface area contributed by atoms with Gasteiger partial charge < -0.3 is 5.32 Å². The molecule has 1 fully saturated rings. The van der Waals surface area contributed by atoms with Crippen LogP contribution in [0.5, 0.6) is 0 Å². The average Bonchev–Trinajstić information content (AvgIpc) is 2.99. The van der Waals surface area contributed by atoms with Crippen molar-refractivity contribution in [2.24, 2.45) is 0 Å². The molecule has 1 aliphatic rings. The van der Waals surface area contributed by atoms with Crippen LogP contribution >= 0.6 is 23.8 Å². The molecule has 144 valence electrons. The SMILES string of the molecule is Cc1cccc(-n2c(-c3ccc(Cl)cc3)nn(CN3CCNC(=O)C3)c2=S)c1. The number of amides is 1. The number of carbonyl (C=O) groups excluding carboxylic acids is 1. The average molecular weight is 414 g/mol. The Morgan fingerprint density at radius 1 is 1.21 bits per heavy atom. The second-order valence-electron chi connectivity index (χ2n) is 6.83. The molecule has 0 saturated carbocycles. The standard InChI is InChI=1S/C20H20ClN5OS/c1-14-3-2-4-17(11-14)26-19(15-5-7-16(21)8-6-15)23-25(20(26)28)13-24-10-9-22-18(27)12-24/h2-8,11H,9-10,12-13H2,1H3,(H,22,27). The summed E-state index contributed by atoms with van der Waals surface area (Å²) in [5.74, 6) is 0.766. The van der Waals surface area contributed by atoms with Crippen molar-refractivity contribution in [1.82, 2.24) is 24.6 Å². The lowest BCUT2D eigenvalue weighted by Gasteiger charge is -2.25. The molecule has 1 N–H and O–H groups in total. The molecule has 1 aromatic heterocycles. The molecule has 0 bridgehead atoms. The first-order chi connectivity index (χ1) is 13.5. The predicted octanol–water partition coefficient (Wildman–Crippen LogP) is 3.42. The van der Waals surface area contributed by atoms with Crippen LogP contribution in [0, 0.1) is 11.7 Å². The molecule has 1 aliphatic heterocycles. The van der Waals surface area contributed by atoms with Gasteiger partial charge in [-0.2, -0.15) is 0 Å². The van der Waals surface area contributed by atoms with Gasteiger partial charge in [0, 0.05) is 23.7 Å². The lowest BCUT2D eigenvalue weighted by molar-refractivity contribution is -0.124. The number of nitrogens with zero attached hydrogens (tertiary/aromatic N) is 4. The third-order valence-electron chi connectivity index (χ3n) is 4.65. The van der Waals surface area contributed by atoms with E-state index in [1.165, 1.54) is 0 Å². The van der Waals surface area contributed by atoms with Gasteiger partial charge in [-0.05, 0) is 61.1 Å². The fourth-order valence-corrected chi connectivity index (χ4v) is 3.70. The molecule has 0 atom stereocenters. The van der Waals surface area contributed by atoms with Gasteiger partial charge in [-0.3, -0.25) is 14.3 Å². The molecule has 0 aliphatic carbocycles. The van der Waals surface area contributed by atoms with E-state index in [-0.39, 0.29) is 5.91 Å². The Balaban J connectivity index is 1.80. The number of hydrogen-bond acceptors (Lipinski definition) is 4. The fraction of sp³-hybridized carbons (Fsp3) is 0.250. The van der Waals surface area contributed by atoms with Gasteiger partial charge in [-0.25, -0.2) is 4.68 Å². The van der Waals surface area contributed by atoms with Crippen molar-refractivity contribution in [3.63, 3.8) is 0 Å². The highest BCUT2D eigenvalue weighted by molar-refractivity contribution is 7.71. The Hall–Kier alpha value is -2.48. The maximum Gasteiger partial charge on any atom is 0.234 e. The third-order valence-corrected chi connectivity index (χ3v) is 5.30. The Labute approximate surface area is 173 Å². The highest BCUT2D eigenvalue weighted by atomic mass is 35.5. The van der Waals surface area contributed by atoms with Crippen molar-refractivity contribution < 1.29 is 4.79 Å². The van der Waals surface area contributed by atoms with E-state index in [0.29, 0.717) is 29.6 Å². The van der Waals surface area contributed by atoms with Gasteiger partial charge in [0.25, 0.3) is 0 Å². The molecule has 4 rings (SSSR count). The minimum Gasteiger partial charge on any atom is -0.354 e. The van der Waals surface area contributed by atoms with E-state index in [4.69, 9.17) is 28.9 Å². The summed E-state index contributed by atoms with van der Waals surface area (Å²) in [6.07, 6.45) is 0. The van der Waals surface area contributed by atoms with Crippen LogP contribution in [-0.2, 0) is 11.5 Å². The van der Waals surface area contributed by atoms with E-state index in [1.807, 2.05) is 58.9 Å². The van der Waals surface area contributed by atoms with Gasteiger partial charge >= 0.3 is 0 Å². The molecule has 3 aromatic rings. The van der Waals surface area contributed by atoms with Gasteiger partial charge in [0.15, 0.2) is 5.82 Å². The van der Waals surface area contributed by atoms with Crippen LogP contribution in [-0.4, -0.2) is 44.8 Å². The van der Waals surface area contributed by atoms with E-state index in [1.54, 1.807) is 4.68 Å². The van der Waals surface area contributed by atoms with E-state index < -0.39 is 0 Å². The number of halogens is 1. The van der Waals surface area contributed by atoms with E-state index in [9.17, 15) is 4.79 Å². The Kier molecular flexibility index (Phi) is 5.30. The Morgan fingerprint density at radius 3 is 2.71 bits per heavy atom. The summed E-state index contributed by atoms with van der Waals surface area (Å²) in [4.78, 5) is 13.7. The number of aryl methyl sites for hydroxylation is 1. The van der Waals surface area contributed by atoms with E-state index in [0.717, 1.165) is 29.2 Å². The molecule has 0 spiro atoms. The van der Waals surface area contributed by atoms with Gasteiger partial charge in [0.05, 0.1) is 18.9 Å². The van der Waals surface area contributed by atoms with E-state index in [2.05, 4.69) is 11.4 Å². The quantitative estimate of drug-likeness (QED) is 0.666. The molecule has 1 saturated heterocycles. The predicted molar refractivity (Wildman–Crippen MR) is 112 cm³/mol. The highest BCUT2D eigenvalue weighted by Gasteiger charge is 2.20. The second kappa shape index (κ2) is 7.87. The fourth-order valence-electron chi connectivity index (χ4n) is 3.29. The van der Waals surface area contributed by atoms with Crippen molar-refractivity contribution in [1.29, 1.82) is 0 Å². The first-order valence-electron chi connectivity index (χ1n) is 9.03. The molecular weight excluding hydrogens is 394 g/mol. The third kappa shape index (κ3) is 3.87. The van der Waals surface area contributed by atoms with Crippen LogP contribution in [0.3, 0.4) is 0 Å². The summed E-state index contributed by atoms with van der Waals surface area (Å²) < 4.78 is 4.33. The van der Waals surface area contributed by atoms with Crippen LogP contribution in [0.15, 0.2) is 48.5 Å². The molecule has 6 nitrogen and oxygen atoms in total. The van der Waals surface area contributed by atoms with Crippen molar-refractivity contribution >= 4 is 29.7 Å². The molecule has 0 radical (unpaired) electrons. The zero-order valence-electron chi connectivity index (χ0n) is 15.4. The van der Waals surface area contributed by atoms with E-state index >= 15 is 0 Å². The van der Waals surface area contributed by atoms with Crippen LogP contribution in [0.1, 0.15) is 5.56 Å². The van der Waals surface area contributed by atoms with Crippen molar-refractivity contribution in [3.05, 3.63) is 63.9 Å². The molecular formula is C20H20ClN5OS. The van der Waals surface area contributed by atoms with Gasteiger partial charge in [-0.15, -0.1) is 5.10 Å². The van der Waals surface area contributed by atoms with Gasteiger partial charge in [0.1, 0.15) is 0 Å². The molecule has 2 heterocycles. The number of aromatic nitrogens is 3. The Bertz CT molecular complexity index is 1070. The van der Waals surface area contributed by atoms with Crippen LogP contribution in [0.4, 0.5) is 0 Å². The summed E-state index contributed by atoms with van der Waals surface area (Å²) in [6.45, 7) is 4.25. The monoisotopic (exact) mass is 413 g/mol. The smallest absolute Gasteiger partial charge is 0.234 e. The summed E-state index contributed by atoms with van der Waals surface area (Å²) in [6, 6.07) is 15.7. The van der Waals surface area contributed by atoms with Crippen molar-refractivity contribution in [3.8, 4) is 17.1 Å². The number of rotatable bonds is 4. The van der Waals surface area contributed by atoms with Crippen molar-refractivity contribution in [2.45, 2.75) is 13.6 Å². The number of hydrogen-bond donors (Lipinski definition) is 1. The number of nitrogens with one attached hydrogen (secondary N) is 1. The normalized spacial score (nSPS) is 14.9. The summed E-state index contributed by atoms with van der Waals surface area (Å²) >= 11 is 11.8. The lowest BCUT2D eigenvalue weighted by atomic mass is 10.2. The van der Waals surface area contributed by atoms with Crippen LogP contribution in [0.25, 0.3) is 17.1 Å². The molecule has 0 unspecified atom stereocenters. The van der Waals surface area contributed by atoms with Crippen molar-refractivity contribution in [2.75, 3.05) is 19.6 Å². The Morgan fingerprint density at radius 2 is 2.00 bits per heavy atom. The summed E-state index contributed by atoms with van der Waals surface area (Å²) in [5, 5.41) is 8.30. The first-order valence-corrected chi connectivity index (χ1v) is 9.82. The summed E-state index contributed by atoms with van der Waals surface area (Å²) in [5.41, 5.74) is 3.02. The second-order valence-corrected chi connectivity index (χ2v) is 7.63. The highest BCUT2D eigenvalue weighted by Crippen LogP contribution is 2.25. The maximum atomic E-state index is 11.7. The zero-order chi connectivity index (χ0) is 19.7. The maximum absolute atomic E-state index is 11.7. The minimum atomic E-state index is 0.0220. The lowest BCUT2D eigenvalue weighted by Crippen LogP contribution is -2.48. The van der Waals surface area contributed by atoms with Crippen LogP contribution in [0.2, 0.25) is 5.02 Å². The topological polar surface area (TPSA) is 55.1 Å². The van der Waals surface area contributed by atoms with Crippen LogP contribution < -0.4 is 5.32 Å². The molecule has 1 amide bonds.